The Hall–Kier alpha value is -9.32. The molecule has 9 aromatic carbocycles. The number of aliphatic imine (C=N–C) groups is 2. The van der Waals surface area contributed by atoms with E-state index < -0.39 is 0 Å². The molecule has 0 radical (unpaired) electrons. The van der Waals surface area contributed by atoms with Gasteiger partial charge in [0.1, 0.15) is 0 Å². The van der Waals surface area contributed by atoms with Crippen molar-refractivity contribution in [3.63, 3.8) is 0 Å². The largest absolute Gasteiger partial charge is 0.348 e. The van der Waals surface area contributed by atoms with Crippen molar-refractivity contribution >= 4 is 72.5 Å². The Morgan fingerprint density at radius 2 is 1.17 bits per heavy atom. The van der Waals surface area contributed by atoms with Crippen LogP contribution in [-0.2, 0) is 0 Å². The number of amidine groups is 1. The zero-order valence-corrected chi connectivity index (χ0v) is 42.0. The first-order valence-electron chi connectivity index (χ1n) is 26.2. The second-order valence-electron chi connectivity index (χ2n) is 19.5. The standard InChI is InChI=1S/C70H55N5/c1-73(55-28-13-5-14-29-55)67-37-21-34-57(69(67)51-24-9-3-10-25-51)53-40-43-66-62(45-53)60-41-39-54(46-68(60)74(66)56-30-15-6-16-31-56)61-44-50(48-72-70(52-26-11-4-12-27-52)71-47-49-22-7-2-8-23-49)38-42-65(61)75-63-35-19-17-32-58(63)59-33-18-20-36-64(59)75/h3-7,9-20,22-36,38-46,48H,2,8,21,37,47H2,1H3/b71-70-,72-48+. The Kier molecular flexibility index (Phi) is 12.1. The van der Waals surface area contributed by atoms with Crippen LogP contribution in [0.15, 0.2) is 270 Å². The summed E-state index contributed by atoms with van der Waals surface area (Å²) in [6.45, 7) is 0.585. The zero-order valence-electron chi connectivity index (χ0n) is 42.0. The van der Waals surface area contributed by atoms with Crippen LogP contribution in [0.3, 0.4) is 0 Å². The molecule has 0 aliphatic heterocycles. The third kappa shape index (κ3) is 8.62. The molecule has 75 heavy (non-hydrogen) atoms. The summed E-state index contributed by atoms with van der Waals surface area (Å²) in [6.07, 6.45) is 15.2. The number of rotatable bonds is 11. The quantitative estimate of drug-likeness (QED) is 0.0940. The molecule has 5 nitrogen and oxygen atoms in total. The van der Waals surface area contributed by atoms with Crippen molar-refractivity contribution in [2.24, 2.45) is 9.98 Å². The van der Waals surface area contributed by atoms with Crippen LogP contribution in [0.25, 0.3) is 77.3 Å². The maximum absolute atomic E-state index is 5.16. The highest BCUT2D eigenvalue weighted by Gasteiger charge is 2.25. The molecule has 0 bridgehead atoms. The third-order valence-corrected chi connectivity index (χ3v) is 15.0. The van der Waals surface area contributed by atoms with Gasteiger partial charge in [0.2, 0.25) is 0 Å². The van der Waals surface area contributed by atoms with E-state index in [0.29, 0.717) is 12.4 Å². The number of nitrogens with zero attached hydrogens (tertiary/aromatic N) is 5. The van der Waals surface area contributed by atoms with Gasteiger partial charge in [-0.3, -0.25) is 4.99 Å². The van der Waals surface area contributed by atoms with Crippen LogP contribution >= 0.6 is 0 Å². The van der Waals surface area contributed by atoms with Crippen LogP contribution in [0.4, 0.5) is 5.69 Å². The van der Waals surface area contributed by atoms with Crippen LogP contribution in [0, 0.1) is 0 Å². The molecule has 13 rings (SSSR count). The van der Waals surface area contributed by atoms with Gasteiger partial charge in [-0.15, -0.1) is 0 Å². The Morgan fingerprint density at radius 1 is 0.520 bits per heavy atom. The summed E-state index contributed by atoms with van der Waals surface area (Å²) >= 11 is 0. The average molecular weight is 966 g/mol. The van der Waals surface area contributed by atoms with Gasteiger partial charge in [-0.25, -0.2) is 4.99 Å². The van der Waals surface area contributed by atoms with Crippen molar-refractivity contribution < 1.29 is 0 Å². The molecule has 0 amide bonds. The van der Waals surface area contributed by atoms with Crippen molar-refractivity contribution in [1.29, 1.82) is 0 Å². The Bertz CT molecular complexity index is 4080. The van der Waals surface area contributed by atoms with E-state index in [1.807, 2.05) is 12.3 Å². The highest BCUT2D eigenvalue weighted by Crippen LogP contribution is 2.44. The van der Waals surface area contributed by atoms with Gasteiger partial charge in [-0.2, -0.15) is 0 Å². The van der Waals surface area contributed by atoms with Crippen molar-refractivity contribution in [1.82, 2.24) is 9.13 Å². The molecular weight excluding hydrogens is 911 g/mol. The molecule has 360 valence electrons. The topological polar surface area (TPSA) is 37.8 Å². The fraction of sp³-hybridized carbons (Fsp3) is 0.0857. The Balaban J connectivity index is 0.994. The summed E-state index contributed by atoms with van der Waals surface area (Å²) in [5.41, 5.74) is 19.8. The minimum absolute atomic E-state index is 0.585. The molecule has 0 unspecified atom stereocenters. The monoisotopic (exact) mass is 965 g/mol. The lowest BCUT2D eigenvalue weighted by atomic mass is 9.84. The number of hydrogen-bond acceptors (Lipinski definition) is 2. The number of anilines is 1. The molecular formula is C70H55N5. The second kappa shape index (κ2) is 19.9. The van der Waals surface area contributed by atoms with E-state index in [9.17, 15) is 0 Å². The SMILES string of the molecule is CN(C1=C(c2ccccc2)C(c2ccc3c(c2)c2ccc(-c4cc(/C=N/C(=N\CC5=CCCC=C5)c5ccccc5)ccc4-n4c5ccccc5c5ccccc54)cc2n3-c2ccccc2)=CCC1)c1ccccc1. The smallest absolute Gasteiger partial charge is 0.154 e. The van der Waals surface area contributed by atoms with Crippen LogP contribution in [0.5, 0.6) is 0 Å². The number of fused-ring (bicyclic) bond motifs is 6. The van der Waals surface area contributed by atoms with Gasteiger partial charge in [0.15, 0.2) is 5.84 Å². The van der Waals surface area contributed by atoms with E-state index in [1.54, 1.807) is 0 Å². The van der Waals surface area contributed by atoms with E-state index >= 15 is 0 Å². The molecule has 0 saturated heterocycles. The van der Waals surface area contributed by atoms with Gasteiger partial charge in [0, 0.05) is 68.6 Å². The highest BCUT2D eigenvalue weighted by molar-refractivity contribution is 6.15. The van der Waals surface area contributed by atoms with E-state index in [-0.39, 0.29) is 0 Å². The fourth-order valence-electron chi connectivity index (χ4n) is 11.4. The summed E-state index contributed by atoms with van der Waals surface area (Å²) in [4.78, 5) is 12.6. The number of aromatic nitrogens is 2. The molecule has 0 fully saturated rings. The van der Waals surface area contributed by atoms with E-state index in [2.05, 4.69) is 264 Å². The van der Waals surface area contributed by atoms with Gasteiger partial charge in [-0.05, 0) is 126 Å². The molecule has 0 atom stereocenters. The van der Waals surface area contributed by atoms with Crippen molar-refractivity contribution in [3.8, 4) is 22.5 Å². The summed E-state index contributed by atoms with van der Waals surface area (Å²) in [5, 5.41) is 4.86. The summed E-state index contributed by atoms with van der Waals surface area (Å²) in [7, 11) is 2.21. The first-order chi connectivity index (χ1) is 37.1. The molecule has 0 spiro atoms. The van der Waals surface area contributed by atoms with Crippen LogP contribution in [0.1, 0.15) is 47.9 Å². The lowest BCUT2D eigenvalue weighted by Crippen LogP contribution is -2.20. The van der Waals surface area contributed by atoms with Gasteiger partial charge in [0.25, 0.3) is 0 Å². The molecule has 2 aromatic heterocycles. The van der Waals surface area contributed by atoms with Crippen molar-refractivity contribution in [2.75, 3.05) is 18.5 Å². The van der Waals surface area contributed by atoms with Crippen LogP contribution in [0.2, 0.25) is 0 Å². The second-order valence-corrected chi connectivity index (χ2v) is 19.5. The highest BCUT2D eigenvalue weighted by atomic mass is 15.1. The third-order valence-electron chi connectivity index (χ3n) is 15.0. The molecule has 0 saturated carbocycles. The maximum atomic E-state index is 5.16. The predicted octanol–water partition coefficient (Wildman–Crippen LogP) is 17.4. The normalized spacial score (nSPS) is 14.1. The molecule has 11 aromatic rings. The predicted molar refractivity (Wildman–Crippen MR) is 318 cm³/mol. The van der Waals surface area contributed by atoms with Crippen LogP contribution in [-0.4, -0.2) is 34.8 Å². The van der Waals surface area contributed by atoms with E-state index in [1.165, 1.54) is 60.8 Å². The summed E-state index contributed by atoms with van der Waals surface area (Å²) in [6, 6.07) is 81.3. The summed E-state index contributed by atoms with van der Waals surface area (Å²) < 4.78 is 4.88. The lowest BCUT2D eigenvalue weighted by molar-refractivity contribution is 0.905. The van der Waals surface area contributed by atoms with Crippen LogP contribution < -0.4 is 4.90 Å². The van der Waals surface area contributed by atoms with Crippen molar-refractivity contribution in [2.45, 2.75) is 25.7 Å². The molecule has 0 N–H and O–H groups in total. The Labute approximate surface area is 438 Å². The number of benzene rings is 9. The van der Waals surface area contributed by atoms with Gasteiger partial charge < -0.3 is 14.0 Å². The maximum Gasteiger partial charge on any atom is 0.154 e. The first-order valence-corrected chi connectivity index (χ1v) is 26.2. The summed E-state index contributed by atoms with van der Waals surface area (Å²) in [5.74, 6) is 0.714. The number of allylic oxidation sites excluding steroid dienone is 6. The van der Waals surface area contributed by atoms with Gasteiger partial charge >= 0.3 is 0 Å². The minimum Gasteiger partial charge on any atom is -0.348 e. The molecule has 2 heterocycles. The molecule has 5 heteroatoms. The first kappa shape index (κ1) is 45.5. The number of hydrogen-bond donors (Lipinski definition) is 0. The van der Waals surface area contributed by atoms with E-state index in [0.717, 1.165) is 81.4 Å². The van der Waals surface area contributed by atoms with Gasteiger partial charge in [0.05, 0.1) is 34.3 Å². The lowest BCUT2D eigenvalue weighted by Gasteiger charge is -2.30. The molecule has 2 aliphatic carbocycles. The van der Waals surface area contributed by atoms with Crippen molar-refractivity contribution in [3.05, 3.63) is 282 Å². The van der Waals surface area contributed by atoms with Gasteiger partial charge in [-0.1, -0.05) is 182 Å². The van der Waals surface area contributed by atoms with E-state index in [4.69, 9.17) is 9.98 Å². The minimum atomic E-state index is 0.585. The fourth-order valence-corrected chi connectivity index (χ4v) is 11.4. The number of para-hydroxylation sites is 4. The zero-order chi connectivity index (χ0) is 50.1. The average Bonchev–Trinajstić information content (AvgIpc) is 4.00. The molecule has 2 aliphatic rings. The Morgan fingerprint density at radius 3 is 1.91 bits per heavy atom.